The highest BCUT2D eigenvalue weighted by atomic mass is 16.6. The van der Waals surface area contributed by atoms with Gasteiger partial charge in [-0.15, -0.1) is 0 Å². The van der Waals surface area contributed by atoms with Gasteiger partial charge in [0.2, 0.25) is 0 Å². The van der Waals surface area contributed by atoms with E-state index in [0.29, 0.717) is 19.3 Å². The lowest BCUT2D eigenvalue weighted by atomic mass is 10.1. The lowest BCUT2D eigenvalue weighted by Crippen LogP contribution is -2.30. The second-order valence-electron chi connectivity index (χ2n) is 20.2. The van der Waals surface area contributed by atoms with Crippen LogP contribution in [0.3, 0.4) is 0 Å². The molecule has 0 aromatic rings. The van der Waals surface area contributed by atoms with Crippen molar-refractivity contribution < 1.29 is 28.6 Å². The Morgan fingerprint density at radius 3 is 0.831 bits per heavy atom. The predicted octanol–water partition coefficient (Wildman–Crippen LogP) is 21.5. The third-order valence-corrected chi connectivity index (χ3v) is 12.8. The Labute approximate surface area is 474 Å². The van der Waals surface area contributed by atoms with E-state index in [1.54, 1.807) is 0 Å². The highest BCUT2D eigenvalue weighted by molar-refractivity contribution is 5.71. The monoisotopic (exact) mass is 1060 g/mol. The van der Waals surface area contributed by atoms with E-state index in [9.17, 15) is 14.4 Å². The Morgan fingerprint density at radius 1 is 0.273 bits per heavy atom. The van der Waals surface area contributed by atoms with Gasteiger partial charge in [-0.05, 0) is 116 Å². The zero-order valence-corrected chi connectivity index (χ0v) is 49.7. The summed E-state index contributed by atoms with van der Waals surface area (Å²) in [5.74, 6) is -0.972. The molecule has 0 fully saturated rings. The predicted molar refractivity (Wildman–Crippen MR) is 334 cm³/mol. The molecule has 0 spiro atoms. The largest absolute Gasteiger partial charge is 0.462 e. The molecule has 0 aliphatic heterocycles. The van der Waals surface area contributed by atoms with Crippen molar-refractivity contribution in [1.29, 1.82) is 0 Å². The summed E-state index contributed by atoms with van der Waals surface area (Å²) in [6.45, 7) is 6.35. The molecule has 6 nitrogen and oxygen atoms in total. The van der Waals surface area contributed by atoms with Crippen LogP contribution in [0.5, 0.6) is 0 Å². The molecule has 1 unspecified atom stereocenters. The molecule has 0 amide bonds. The van der Waals surface area contributed by atoms with Crippen LogP contribution in [0.2, 0.25) is 0 Å². The fourth-order valence-electron chi connectivity index (χ4n) is 8.22. The first-order valence-corrected chi connectivity index (χ1v) is 31.3. The van der Waals surface area contributed by atoms with Crippen molar-refractivity contribution in [2.75, 3.05) is 13.2 Å². The molecule has 6 heteroatoms. The number of carbonyl (C=O) groups excluding carboxylic acids is 3. The van der Waals surface area contributed by atoms with E-state index in [1.807, 2.05) is 0 Å². The number of hydrogen-bond acceptors (Lipinski definition) is 6. The van der Waals surface area contributed by atoms with Crippen molar-refractivity contribution >= 4 is 17.9 Å². The first-order valence-electron chi connectivity index (χ1n) is 31.3. The van der Waals surface area contributed by atoms with Gasteiger partial charge in [0.25, 0.3) is 0 Å². The summed E-state index contributed by atoms with van der Waals surface area (Å²) in [5.41, 5.74) is 0. The van der Waals surface area contributed by atoms with Gasteiger partial charge in [-0.25, -0.2) is 0 Å². The molecule has 0 heterocycles. The van der Waals surface area contributed by atoms with Gasteiger partial charge in [0.1, 0.15) is 13.2 Å². The molecule has 0 radical (unpaired) electrons. The highest BCUT2D eigenvalue weighted by Crippen LogP contribution is 2.15. The Hall–Kier alpha value is -4.71. The van der Waals surface area contributed by atoms with Crippen molar-refractivity contribution in [3.05, 3.63) is 146 Å². The van der Waals surface area contributed by atoms with Crippen LogP contribution >= 0.6 is 0 Å². The topological polar surface area (TPSA) is 78.9 Å². The second-order valence-corrected chi connectivity index (χ2v) is 20.2. The van der Waals surface area contributed by atoms with E-state index in [0.717, 1.165) is 128 Å². The van der Waals surface area contributed by atoms with E-state index in [1.165, 1.54) is 89.9 Å². The van der Waals surface area contributed by atoms with Crippen LogP contribution in [0.25, 0.3) is 0 Å². The smallest absolute Gasteiger partial charge is 0.306 e. The summed E-state index contributed by atoms with van der Waals surface area (Å²) in [6.07, 6.45) is 91.5. The lowest BCUT2D eigenvalue weighted by Gasteiger charge is -2.18. The molecule has 0 saturated carbocycles. The van der Waals surface area contributed by atoms with Crippen LogP contribution in [0, 0.1) is 0 Å². The summed E-state index contributed by atoms with van der Waals surface area (Å²) in [5, 5.41) is 0. The van der Waals surface area contributed by atoms with Crippen molar-refractivity contribution in [2.24, 2.45) is 0 Å². The number of esters is 3. The molecular weight excluding hydrogens is 949 g/mol. The molecule has 1 atom stereocenters. The lowest BCUT2D eigenvalue weighted by molar-refractivity contribution is -0.167. The molecule has 434 valence electrons. The second kappa shape index (κ2) is 63.8. The van der Waals surface area contributed by atoms with Crippen LogP contribution in [0.15, 0.2) is 146 Å². The number of hydrogen-bond donors (Lipinski definition) is 0. The molecule has 0 aromatic heterocycles. The summed E-state index contributed by atoms with van der Waals surface area (Å²) >= 11 is 0. The maximum atomic E-state index is 12.8. The molecule has 0 saturated heterocycles. The number of carbonyl (C=O) groups is 3. The van der Waals surface area contributed by atoms with Crippen LogP contribution in [0.1, 0.15) is 265 Å². The van der Waals surface area contributed by atoms with Crippen LogP contribution in [-0.2, 0) is 28.6 Å². The van der Waals surface area contributed by atoms with Gasteiger partial charge in [-0.1, -0.05) is 276 Å². The number of ether oxygens (including phenoxy) is 3. The Balaban J connectivity index is 4.32. The van der Waals surface area contributed by atoms with E-state index in [-0.39, 0.29) is 37.5 Å². The zero-order valence-electron chi connectivity index (χ0n) is 49.7. The summed E-state index contributed by atoms with van der Waals surface area (Å²) in [7, 11) is 0. The maximum Gasteiger partial charge on any atom is 0.306 e. The van der Waals surface area contributed by atoms with E-state index in [2.05, 4.69) is 167 Å². The SMILES string of the molecule is CC/C=C\C/C=C\C/C=C\C/C=C\C/C=C\C/C=C\C/C=C\CCCCCCCCCCCC(=O)OCC(COC(=O)CCCCCCCCCCCCC)OC(=O)CCC/C=C\C/C=C\C/C=C\C/C=C\C/C=C\CC. The van der Waals surface area contributed by atoms with Crippen molar-refractivity contribution in [1.82, 2.24) is 0 Å². The molecule has 0 aliphatic rings. The van der Waals surface area contributed by atoms with Crippen LogP contribution in [-0.4, -0.2) is 37.2 Å². The fraction of sp³-hybridized carbons (Fsp3) is 0.620. The fourth-order valence-corrected chi connectivity index (χ4v) is 8.22. The van der Waals surface area contributed by atoms with Crippen LogP contribution in [0.4, 0.5) is 0 Å². The quantitative estimate of drug-likeness (QED) is 0.0261. The average Bonchev–Trinajstić information content (AvgIpc) is 3.43. The third-order valence-electron chi connectivity index (χ3n) is 12.8. The number of unbranched alkanes of at least 4 members (excludes halogenated alkanes) is 20. The molecule has 0 rings (SSSR count). The summed E-state index contributed by atoms with van der Waals surface area (Å²) in [6, 6.07) is 0. The minimum absolute atomic E-state index is 0.105. The Bertz CT molecular complexity index is 1700. The first kappa shape index (κ1) is 72.3. The van der Waals surface area contributed by atoms with Gasteiger partial charge in [0.15, 0.2) is 6.10 Å². The van der Waals surface area contributed by atoms with Gasteiger partial charge in [-0.3, -0.25) is 14.4 Å². The molecule has 0 aliphatic carbocycles. The van der Waals surface area contributed by atoms with Crippen molar-refractivity contribution in [3.8, 4) is 0 Å². The Morgan fingerprint density at radius 2 is 0.519 bits per heavy atom. The van der Waals surface area contributed by atoms with Gasteiger partial charge >= 0.3 is 17.9 Å². The summed E-state index contributed by atoms with van der Waals surface area (Å²) in [4.78, 5) is 38.2. The standard InChI is InChI=1S/C71H114O6/c1-4-7-10-13-16-19-22-24-26-28-29-30-31-32-33-34-35-36-37-38-39-40-41-43-44-46-49-52-55-58-61-64-70(73)76-67-68(66-75-69(72)63-60-57-54-51-48-21-18-15-12-9-6-3)77-71(74)65-62-59-56-53-50-47-45-42-27-25-23-20-17-14-11-8-5-2/h7-8,10-11,16-17,19-20,24-27,29-30,32-33,35-36,38-39,45,47,53,56,68H,4-6,9,12-15,18,21-23,28,31,34,37,40-44,46,48-52,54-55,57-67H2,1-3H3/b10-7-,11-8-,19-16-,20-17-,26-24-,27-25-,30-29-,33-32-,36-35-,39-38-,47-45-,56-53-. The van der Waals surface area contributed by atoms with E-state index in [4.69, 9.17) is 14.2 Å². The van der Waals surface area contributed by atoms with Gasteiger partial charge in [0.05, 0.1) is 0 Å². The zero-order chi connectivity index (χ0) is 55.7. The van der Waals surface area contributed by atoms with E-state index < -0.39 is 6.10 Å². The summed E-state index contributed by atoms with van der Waals surface area (Å²) < 4.78 is 16.8. The maximum absolute atomic E-state index is 12.8. The molecule has 0 aromatic carbocycles. The van der Waals surface area contributed by atoms with Gasteiger partial charge < -0.3 is 14.2 Å². The van der Waals surface area contributed by atoms with E-state index >= 15 is 0 Å². The molecule has 77 heavy (non-hydrogen) atoms. The molecule has 0 bridgehead atoms. The average molecular weight is 1060 g/mol. The van der Waals surface area contributed by atoms with Crippen LogP contribution < -0.4 is 0 Å². The number of rotatable bonds is 55. The van der Waals surface area contributed by atoms with Gasteiger partial charge in [0, 0.05) is 19.3 Å². The minimum Gasteiger partial charge on any atom is -0.462 e. The normalized spacial score (nSPS) is 13.1. The third kappa shape index (κ3) is 62.0. The van der Waals surface area contributed by atoms with Crippen molar-refractivity contribution in [3.63, 3.8) is 0 Å². The first-order chi connectivity index (χ1) is 38.0. The minimum atomic E-state index is -0.814. The molecule has 0 N–H and O–H groups in total. The molecular formula is C71H114O6. The Kier molecular flexibility index (Phi) is 59.9. The van der Waals surface area contributed by atoms with Gasteiger partial charge in [-0.2, -0.15) is 0 Å². The van der Waals surface area contributed by atoms with Crippen molar-refractivity contribution in [2.45, 2.75) is 271 Å². The highest BCUT2D eigenvalue weighted by Gasteiger charge is 2.19. The number of allylic oxidation sites excluding steroid dienone is 24.